The Morgan fingerprint density at radius 2 is 2.04 bits per heavy atom. The van der Waals surface area contributed by atoms with E-state index in [1.165, 1.54) is 0 Å². The van der Waals surface area contributed by atoms with Gasteiger partial charge in [-0.1, -0.05) is 6.07 Å². The van der Waals surface area contributed by atoms with Crippen molar-refractivity contribution in [1.29, 1.82) is 0 Å². The first-order chi connectivity index (χ1) is 13.2. The van der Waals surface area contributed by atoms with Crippen molar-refractivity contribution in [2.24, 2.45) is 5.92 Å². The number of hydrogen-bond acceptors (Lipinski definition) is 5. The molecule has 3 rings (SSSR count). The number of hydrogen-bond donors (Lipinski definition) is 2. The summed E-state index contributed by atoms with van der Waals surface area (Å²) in [6, 6.07) is 8.70. The van der Waals surface area contributed by atoms with E-state index in [1.807, 2.05) is 12.1 Å². The minimum Gasteiger partial charge on any atom is -0.497 e. The van der Waals surface area contributed by atoms with Crippen LogP contribution < -0.4 is 20.1 Å². The van der Waals surface area contributed by atoms with E-state index in [0.29, 0.717) is 36.3 Å². The molecule has 1 aliphatic rings. The number of pyridine rings is 1. The number of nitrogens with one attached hydrogen (secondary N) is 2. The van der Waals surface area contributed by atoms with Crippen LogP contribution in [0.5, 0.6) is 11.5 Å². The largest absolute Gasteiger partial charge is 0.497 e. The first kappa shape index (κ1) is 19.0. The van der Waals surface area contributed by atoms with Crippen molar-refractivity contribution in [3.8, 4) is 11.5 Å². The van der Waals surface area contributed by atoms with Gasteiger partial charge in [0.05, 0.1) is 25.9 Å². The normalized spacial score (nSPS) is 15.6. The second kappa shape index (κ2) is 9.23. The molecule has 1 unspecified atom stereocenters. The number of urea groups is 1. The van der Waals surface area contributed by atoms with Crippen LogP contribution in [-0.2, 0) is 4.74 Å². The van der Waals surface area contributed by atoms with Gasteiger partial charge in [0.1, 0.15) is 11.5 Å². The van der Waals surface area contributed by atoms with E-state index >= 15 is 0 Å². The third kappa shape index (κ3) is 4.89. The lowest BCUT2D eigenvalue weighted by Gasteiger charge is -2.31. The Bertz CT molecular complexity index is 748. The fourth-order valence-electron chi connectivity index (χ4n) is 3.28. The highest BCUT2D eigenvalue weighted by atomic mass is 16.5. The van der Waals surface area contributed by atoms with E-state index in [1.54, 1.807) is 44.8 Å². The smallest absolute Gasteiger partial charge is 0.319 e. The summed E-state index contributed by atoms with van der Waals surface area (Å²) in [6.45, 7) is 1.41. The monoisotopic (exact) mass is 371 g/mol. The fraction of sp³-hybridized carbons (Fsp3) is 0.400. The summed E-state index contributed by atoms with van der Waals surface area (Å²) < 4.78 is 16.0. The zero-order chi connectivity index (χ0) is 19.1. The third-order valence-electron chi connectivity index (χ3n) is 4.72. The maximum absolute atomic E-state index is 12.7. The molecule has 27 heavy (non-hydrogen) atoms. The van der Waals surface area contributed by atoms with Crippen LogP contribution in [-0.4, -0.2) is 38.4 Å². The molecule has 0 aliphatic carbocycles. The number of methoxy groups -OCH3 is 2. The lowest BCUT2D eigenvalue weighted by molar-refractivity contribution is 0.0550. The van der Waals surface area contributed by atoms with Crippen LogP contribution in [0.1, 0.15) is 24.4 Å². The molecule has 0 saturated carbocycles. The van der Waals surface area contributed by atoms with Crippen molar-refractivity contribution >= 4 is 11.7 Å². The van der Waals surface area contributed by atoms with E-state index < -0.39 is 0 Å². The summed E-state index contributed by atoms with van der Waals surface area (Å²) >= 11 is 0. The number of amides is 2. The average molecular weight is 371 g/mol. The van der Waals surface area contributed by atoms with Gasteiger partial charge in [0, 0.05) is 31.7 Å². The SMILES string of the molecule is COc1ccc(NC(=O)NC(c2cccnc2)C2CCOCC2)c(OC)c1. The van der Waals surface area contributed by atoms with Gasteiger partial charge in [-0.25, -0.2) is 4.79 Å². The molecule has 2 heterocycles. The molecule has 7 nitrogen and oxygen atoms in total. The maximum atomic E-state index is 12.7. The van der Waals surface area contributed by atoms with E-state index in [0.717, 1.165) is 18.4 Å². The summed E-state index contributed by atoms with van der Waals surface area (Å²) in [5, 5.41) is 5.97. The molecule has 0 spiro atoms. The van der Waals surface area contributed by atoms with Crippen molar-refractivity contribution < 1.29 is 19.0 Å². The molecule has 0 bridgehead atoms. The van der Waals surface area contributed by atoms with Crippen LogP contribution in [0.3, 0.4) is 0 Å². The zero-order valence-electron chi connectivity index (χ0n) is 15.6. The molecule has 2 aromatic rings. The Morgan fingerprint density at radius 1 is 1.22 bits per heavy atom. The van der Waals surface area contributed by atoms with Crippen molar-refractivity contribution in [1.82, 2.24) is 10.3 Å². The van der Waals surface area contributed by atoms with Crippen LogP contribution in [0.4, 0.5) is 10.5 Å². The molecular weight excluding hydrogens is 346 g/mol. The van der Waals surface area contributed by atoms with Gasteiger partial charge < -0.3 is 24.8 Å². The van der Waals surface area contributed by atoms with Crippen molar-refractivity contribution in [2.75, 3.05) is 32.8 Å². The van der Waals surface area contributed by atoms with E-state index in [-0.39, 0.29) is 12.1 Å². The van der Waals surface area contributed by atoms with Gasteiger partial charge in [-0.2, -0.15) is 0 Å². The maximum Gasteiger partial charge on any atom is 0.319 e. The molecule has 2 amide bonds. The van der Waals surface area contributed by atoms with Gasteiger partial charge in [0.2, 0.25) is 0 Å². The number of carbonyl (C=O) groups is 1. The summed E-state index contributed by atoms with van der Waals surface area (Å²) in [6.07, 6.45) is 5.32. The Balaban J connectivity index is 1.74. The first-order valence-corrected chi connectivity index (χ1v) is 8.98. The molecule has 2 N–H and O–H groups in total. The van der Waals surface area contributed by atoms with Crippen LogP contribution in [0, 0.1) is 5.92 Å². The lowest BCUT2D eigenvalue weighted by atomic mass is 9.88. The topological polar surface area (TPSA) is 81.7 Å². The Morgan fingerprint density at radius 3 is 2.70 bits per heavy atom. The fourth-order valence-corrected chi connectivity index (χ4v) is 3.28. The van der Waals surface area contributed by atoms with E-state index in [2.05, 4.69) is 15.6 Å². The molecule has 1 aromatic carbocycles. The second-order valence-corrected chi connectivity index (χ2v) is 6.38. The minimum atomic E-state index is -0.293. The molecule has 1 atom stereocenters. The number of benzene rings is 1. The third-order valence-corrected chi connectivity index (χ3v) is 4.72. The summed E-state index contributed by atoms with van der Waals surface area (Å²) in [7, 11) is 3.14. The second-order valence-electron chi connectivity index (χ2n) is 6.38. The predicted molar refractivity (Wildman–Crippen MR) is 102 cm³/mol. The predicted octanol–water partition coefficient (Wildman–Crippen LogP) is 3.39. The van der Waals surface area contributed by atoms with Gasteiger partial charge in [-0.15, -0.1) is 0 Å². The Hall–Kier alpha value is -2.80. The number of anilines is 1. The average Bonchev–Trinajstić information content (AvgIpc) is 2.73. The van der Waals surface area contributed by atoms with Gasteiger partial charge in [-0.05, 0) is 42.5 Å². The molecule has 1 fully saturated rings. The highest BCUT2D eigenvalue weighted by Gasteiger charge is 2.27. The van der Waals surface area contributed by atoms with E-state index in [4.69, 9.17) is 14.2 Å². The highest BCUT2D eigenvalue weighted by Crippen LogP contribution is 2.31. The molecule has 1 saturated heterocycles. The van der Waals surface area contributed by atoms with Crippen molar-refractivity contribution in [3.05, 3.63) is 48.3 Å². The highest BCUT2D eigenvalue weighted by molar-refractivity contribution is 5.91. The number of rotatable bonds is 6. The summed E-state index contributed by atoms with van der Waals surface area (Å²) in [4.78, 5) is 16.9. The first-order valence-electron chi connectivity index (χ1n) is 8.98. The molecule has 1 aliphatic heterocycles. The zero-order valence-corrected chi connectivity index (χ0v) is 15.6. The quantitative estimate of drug-likeness (QED) is 0.813. The van der Waals surface area contributed by atoms with Gasteiger partial charge >= 0.3 is 6.03 Å². The van der Waals surface area contributed by atoms with Gasteiger partial charge in [0.15, 0.2) is 0 Å². The standard InChI is InChI=1S/C20H25N3O4/c1-25-16-5-6-17(18(12-16)26-2)22-20(24)23-19(14-7-10-27-11-8-14)15-4-3-9-21-13-15/h3-6,9,12-14,19H,7-8,10-11H2,1-2H3,(H2,22,23,24). The molecule has 144 valence electrons. The number of nitrogens with zero attached hydrogens (tertiary/aromatic N) is 1. The van der Waals surface area contributed by atoms with Crippen LogP contribution in [0.15, 0.2) is 42.7 Å². The van der Waals surface area contributed by atoms with Gasteiger partial charge in [0.25, 0.3) is 0 Å². The number of carbonyl (C=O) groups excluding carboxylic acids is 1. The van der Waals surface area contributed by atoms with Crippen LogP contribution >= 0.6 is 0 Å². The number of aromatic nitrogens is 1. The molecule has 1 aromatic heterocycles. The Labute approximate surface area is 159 Å². The van der Waals surface area contributed by atoms with Crippen LogP contribution in [0.25, 0.3) is 0 Å². The minimum absolute atomic E-state index is 0.133. The molecule has 0 radical (unpaired) electrons. The number of ether oxygens (including phenoxy) is 3. The Kier molecular flexibility index (Phi) is 6.49. The lowest BCUT2D eigenvalue weighted by Crippen LogP contribution is -2.38. The summed E-state index contributed by atoms with van der Waals surface area (Å²) in [5.41, 5.74) is 1.56. The molecular formula is C20H25N3O4. The summed E-state index contributed by atoms with van der Waals surface area (Å²) in [5.74, 6) is 1.49. The van der Waals surface area contributed by atoms with Crippen molar-refractivity contribution in [3.63, 3.8) is 0 Å². The van der Waals surface area contributed by atoms with Crippen LogP contribution in [0.2, 0.25) is 0 Å². The van der Waals surface area contributed by atoms with Gasteiger partial charge in [-0.3, -0.25) is 4.98 Å². The molecule has 7 heteroatoms. The van der Waals surface area contributed by atoms with Crippen molar-refractivity contribution in [2.45, 2.75) is 18.9 Å². The van der Waals surface area contributed by atoms with E-state index in [9.17, 15) is 4.79 Å².